The number of amides is 2. The van der Waals surface area contributed by atoms with Crippen LogP contribution in [0, 0.1) is 10.8 Å². The lowest BCUT2D eigenvalue weighted by molar-refractivity contribution is 0.0708. The molecule has 1 saturated heterocycles. The maximum atomic E-state index is 13.1. The van der Waals surface area contributed by atoms with Crippen LogP contribution in [0.15, 0.2) is 48.8 Å². The van der Waals surface area contributed by atoms with Gasteiger partial charge in [0.25, 0.3) is 11.8 Å². The van der Waals surface area contributed by atoms with E-state index in [4.69, 9.17) is 0 Å². The lowest BCUT2D eigenvalue weighted by atomic mass is 9.65. The number of hydrogen-bond donors (Lipinski definition) is 1. The van der Waals surface area contributed by atoms with Gasteiger partial charge in [0.1, 0.15) is 0 Å². The Morgan fingerprint density at radius 2 is 1.68 bits per heavy atom. The average molecular weight is 377 g/mol. The molecule has 2 fully saturated rings. The number of carbonyl (C=O) groups is 2. The smallest absolute Gasteiger partial charge is 0.255 e. The lowest BCUT2D eigenvalue weighted by Gasteiger charge is -2.39. The number of nitrogens with zero attached hydrogens (tertiary/aromatic N) is 2. The second-order valence-corrected chi connectivity index (χ2v) is 9.41. The highest BCUT2D eigenvalue weighted by Crippen LogP contribution is 2.52. The summed E-state index contributed by atoms with van der Waals surface area (Å²) in [6.45, 7) is 7.77. The normalized spacial score (nSPS) is 25.4. The summed E-state index contributed by atoms with van der Waals surface area (Å²) in [5, 5.41) is 2.86. The van der Waals surface area contributed by atoms with Gasteiger partial charge in [-0.2, -0.15) is 0 Å². The van der Waals surface area contributed by atoms with E-state index in [-0.39, 0.29) is 22.6 Å². The van der Waals surface area contributed by atoms with E-state index >= 15 is 0 Å². The van der Waals surface area contributed by atoms with E-state index in [2.05, 4.69) is 36.0 Å². The van der Waals surface area contributed by atoms with Gasteiger partial charge < -0.3 is 10.2 Å². The second kappa shape index (κ2) is 6.73. The monoisotopic (exact) mass is 377 g/mol. The molecule has 1 aliphatic carbocycles. The molecule has 2 unspecified atom stereocenters. The molecule has 1 aromatic carbocycles. The number of anilines is 1. The molecule has 1 saturated carbocycles. The third kappa shape index (κ3) is 3.66. The Labute approximate surface area is 166 Å². The number of benzene rings is 1. The molecule has 1 N–H and O–H groups in total. The molecule has 1 aromatic heterocycles. The summed E-state index contributed by atoms with van der Waals surface area (Å²) >= 11 is 0. The Hall–Kier alpha value is -2.69. The van der Waals surface area contributed by atoms with E-state index in [9.17, 15) is 9.59 Å². The van der Waals surface area contributed by atoms with Gasteiger partial charge in [-0.05, 0) is 66.5 Å². The molecule has 2 atom stereocenters. The van der Waals surface area contributed by atoms with Gasteiger partial charge in [-0.25, -0.2) is 0 Å². The van der Waals surface area contributed by atoms with Crippen molar-refractivity contribution in [1.82, 2.24) is 9.88 Å². The van der Waals surface area contributed by atoms with Crippen molar-refractivity contribution < 1.29 is 9.59 Å². The van der Waals surface area contributed by atoms with Gasteiger partial charge in [0.05, 0.1) is 0 Å². The van der Waals surface area contributed by atoms with E-state index in [1.54, 1.807) is 48.8 Å². The first-order valence-corrected chi connectivity index (χ1v) is 9.87. The van der Waals surface area contributed by atoms with E-state index in [0.717, 1.165) is 19.4 Å². The van der Waals surface area contributed by atoms with Crippen LogP contribution in [0.4, 0.5) is 5.69 Å². The molecular weight excluding hydrogens is 350 g/mol. The predicted octanol–water partition coefficient (Wildman–Crippen LogP) is 4.37. The molecule has 2 aromatic rings. The fourth-order valence-electron chi connectivity index (χ4n) is 5.27. The Morgan fingerprint density at radius 3 is 2.36 bits per heavy atom. The summed E-state index contributed by atoms with van der Waals surface area (Å²) in [6, 6.07) is 10.9. The van der Waals surface area contributed by atoms with Crippen LogP contribution in [-0.4, -0.2) is 34.3 Å². The highest BCUT2D eigenvalue weighted by molar-refractivity contribution is 6.04. The zero-order chi connectivity index (χ0) is 19.9. The largest absolute Gasteiger partial charge is 0.335 e. The molecule has 1 aliphatic heterocycles. The third-order valence-corrected chi connectivity index (χ3v) is 6.01. The molecule has 4 rings (SSSR count). The van der Waals surface area contributed by atoms with Crippen molar-refractivity contribution in [3.63, 3.8) is 0 Å². The first kappa shape index (κ1) is 18.7. The summed E-state index contributed by atoms with van der Waals surface area (Å²) in [5.41, 5.74) is 2.41. The zero-order valence-electron chi connectivity index (χ0n) is 16.7. The zero-order valence-corrected chi connectivity index (χ0v) is 16.7. The van der Waals surface area contributed by atoms with Crippen molar-refractivity contribution in [3.8, 4) is 0 Å². The fraction of sp³-hybridized carbons (Fsp3) is 0.435. The molecule has 2 amide bonds. The first-order chi connectivity index (χ1) is 13.2. The number of aromatic nitrogens is 1. The van der Waals surface area contributed by atoms with Gasteiger partial charge >= 0.3 is 0 Å². The van der Waals surface area contributed by atoms with Crippen LogP contribution in [0.2, 0.25) is 0 Å². The SMILES string of the molecule is CC1(C)CC2CC(C)(CN2C(=O)c2ccc(NC(=O)c3ccncc3)cc2)C1. The minimum atomic E-state index is -0.190. The Morgan fingerprint density at radius 1 is 1.00 bits per heavy atom. The third-order valence-electron chi connectivity index (χ3n) is 6.01. The standard InChI is InChI=1S/C23H27N3O2/c1-22(2)12-19-13-23(3,14-22)15-26(19)21(28)17-4-6-18(7-5-17)25-20(27)16-8-10-24-11-9-16/h4-11,19H,12-15H2,1-3H3,(H,25,27). The maximum absolute atomic E-state index is 13.1. The van der Waals surface area contributed by atoms with Gasteiger partial charge in [0.15, 0.2) is 0 Å². The number of rotatable bonds is 3. The lowest BCUT2D eigenvalue weighted by Crippen LogP contribution is -2.37. The predicted molar refractivity (Wildman–Crippen MR) is 109 cm³/mol. The molecule has 0 spiro atoms. The van der Waals surface area contributed by atoms with Gasteiger partial charge in [-0.3, -0.25) is 14.6 Å². The first-order valence-electron chi connectivity index (χ1n) is 9.87. The highest BCUT2D eigenvalue weighted by atomic mass is 16.2. The van der Waals surface area contributed by atoms with Crippen LogP contribution in [0.5, 0.6) is 0 Å². The van der Waals surface area contributed by atoms with Crippen molar-refractivity contribution in [2.24, 2.45) is 10.8 Å². The number of pyridine rings is 1. The van der Waals surface area contributed by atoms with Crippen molar-refractivity contribution in [2.75, 3.05) is 11.9 Å². The number of nitrogens with one attached hydrogen (secondary N) is 1. The van der Waals surface area contributed by atoms with Gasteiger partial charge in [-0.15, -0.1) is 0 Å². The van der Waals surface area contributed by atoms with Gasteiger partial charge in [0, 0.05) is 41.8 Å². The summed E-state index contributed by atoms with van der Waals surface area (Å²) in [6.07, 6.45) is 6.51. The Balaban J connectivity index is 1.46. The second-order valence-electron chi connectivity index (χ2n) is 9.41. The topological polar surface area (TPSA) is 62.3 Å². The molecular formula is C23H27N3O2. The van der Waals surface area contributed by atoms with Crippen LogP contribution in [-0.2, 0) is 0 Å². The van der Waals surface area contributed by atoms with Crippen molar-refractivity contribution in [2.45, 2.75) is 46.1 Å². The summed E-state index contributed by atoms with van der Waals surface area (Å²) in [4.78, 5) is 31.4. The molecule has 28 heavy (non-hydrogen) atoms. The summed E-state index contributed by atoms with van der Waals surface area (Å²) in [7, 11) is 0. The van der Waals surface area contributed by atoms with Crippen LogP contribution in [0.3, 0.4) is 0 Å². The molecule has 5 nitrogen and oxygen atoms in total. The molecule has 2 heterocycles. The maximum Gasteiger partial charge on any atom is 0.255 e. The minimum Gasteiger partial charge on any atom is -0.335 e. The summed E-state index contributed by atoms with van der Waals surface area (Å²) in [5.74, 6) is -0.0941. The number of hydrogen-bond acceptors (Lipinski definition) is 3. The van der Waals surface area contributed by atoms with Crippen molar-refractivity contribution in [1.29, 1.82) is 0 Å². The minimum absolute atomic E-state index is 0.0958. The molecule has 0 radical (unpaired) electrons. The fourth-order valence-corrected chi connectivity index (χ4v) is 5.27. The van der Waals surface area contributed by atoms with E-state index in [1.165, 1.54) is 6.42 Å². The van der Waals surface area contributed by atoms with Crippen LogP contribution < -0.4 is 5.32 Å². The van der Waals surface area contributed by atoms with Crippen LogP contribution in [0.1, 0.15) is 60.7 Å². The van der Waals surface area contributed by atoms with Crippen molar-refractivity contribution >= 4 is 17.5 Å². The molecule has 146 valence electrons. The molecule has 5 heteroatoms. The van der Waals surface area contributed by atoms with E-state index < -0.39 is 0 Å². The molecule has 2 bridgehead atoms. The Kier molecular flexibility index (Phi) is 4.48. The van der Waals surface area contributed by atoms with Crippen LogP contribution in [0.25, 0.3) is 0 Å². The average Bonchev–Trinajstić information content (AvgIpc) is 2.91. The van der Waals surface area contributed by atoms with Crippen LogP contribution >= 0.6 is 0 Å². The van der Waals surface area contributed by atoms with Crippen molar-refractivity contribution in [3.05, 3.63) is 59.9 Å². The Bertz CT molecular complexity index is 892. The van der Waals surface area contributed by atoms with Gasteiger partial charge in [-0.1, -0.05) is 20.8 Å². The number of carbonyl (C=O) groups excluding carboxylic acids is 2. The molecule has 2 aliphatic rings. The summed E-state index contributed by atoms with van der Waals surface area (Å²) < 4.78 is 0. The highest BCUT2D eigenvalue weighted by Gasteiger charge is 2.50. The quantitative estimate of drug-likeness (QED) is 0.864. The van der Waals surface area contributed by atoms with E-state index in [0.29, 0.717) is 22.9 Å². The van der Waals surface area contributed by atoms with E-state index in [1.807, 2.05) is 0 Å². The number of likely N-dealkylation sites (tertiary alicyclic amines) is 1. The number of fused-ring (bicyclic) bond motifs is 2. The van der Waals surface area contributed by atoms with Gasteiger partial charge in [0.2, 0.25) is 0 Å².